The fraction of sp³-hybridized carbons (Fsp3) is 0.455. The van der Waals surface area contributed by atoms with Crippen molar-refractivity contribution < 1.29 is 14.4 Å². The summed E-state index contributed by atoms with van der Waals surface area (Å²) in [6, 6.07) is 0. The van der Waals surface area contributed by atoms with E-state index in [0.29, 0.717) is 10.6 Å². The van der Waals surface area contributed by atoms with Gasteiger partial charge in [-0.05, 0) is 19.8 Å². The van der Waals surface area contributed by atoms with Crippen LogP contribution < -0.4 is 16.2 Å². The van der Waals surface area contributed by atoms with Gasteiger partial charge in [-0.1, -0.05) is 0 Å². The van der Waals surface area contributed by atoms with Gasteiger partial charge < -0.3 is 5.32 Å². The standard InChI is InChI=1S/C11H14N4O3S/c1-6-9(19-5-13-6)11(18)15-14-8(16)4-12-10(17)7-2-3-7/h5,7H,2-4H2,1H3,(H,12,17)(H,14,16)(H,15,18). The van der Waals surface area contributed by atoms with Crippen molar-refractivity contribution in [3.8, 4) is 0 Å². The molecule has 0 bridgehead atoms. The van der Waals surface area contributed by atoms with Crippen LogP contribution in [0.4, 0.5) is 0 Å². The lowest BCUT2D eigenvalue weighted by atomic mass is 10.4. The molecule has 19 heavy (non-hydrogen) atoms. The summed E-state index contributed by atoms with van der Waals surface area (Å²) in [5.41, 5.74) is 6.68. The summed E-state index contributed by atoms with van der Waals surface area (Å²) in [6.45, 7) is 1.57. The van der Waals surface area contributed by atoms with Crippen molar-refractivity contribution in [2.24, 2.45) is 5.92 Å². The van der Waals surface area contributed by atoms with Crippen LogP contribution >= 0.6 is 11.3 Å². The van der Waals surface area contributed by atoms with Crippen molar-refractivity contribution in [3.63, 3.8) is 0 Å². The quantitative estimate of drug-likeness (QED) is 0.662. The van der Waals surface area contributed by atoms with Crippen LogP contribution in [0.2, 0.25) is 0 Å². The Bertz CT molecular complexity index is 510. The maximum Gasteiger partial charge on any atom is 0.281 e. The average Bonchev–Trinajstić information content (AvgIpc) is 3.15. The molecule has 0 spiro atoms. The number of hydrazine groups is 1. The van der Waals surface area contributed by atoms with Gasteiger partial charge in [0.2, 0.25) is 5.91 Å². The maximum absolute atomic E-state index is 11.6. The first-order valence-electron chi connectivity index (χ1n) is 5.85. The highest BCUT2D eigenvalue weighted by Gasteiger charge is 2.29. The first-order valence-corrected chi connectivity index (χ1v) is 6.73. The molecule has 1 fully saturated rings. The van der Waals surface area contributed by atoms with E-state index in [9.17, 15) is 14.4 Å². The Balaban J connectivity index is 1.69. The SMILES string of the molecule is Cc1ncsc1C(=O)NNC(=O)CNC(=O)C1CC1. The monoisotopic (exact) mass is 282 g/mol. The molecule has 2 rings (SSSR count). The van der Waals surface area contributed by atoms with Crippen LogP contribution in [-0.4, -0.2) is 29.3 Å². The smallest absolute Gasteiger partial charge is 0.281 e. The molecule has 0 atom stereocenters. The van der Waals surface area contributed by atoms with Gasteiger partial charge in [-0.15, -0.1) is 11.3 Å². The van der Waals surface area contributed by atoms with Crippen molar-refractivity contribution in [3.05, 3.63) is 16.1 Å². The second kappa shape index (κ2) is 5.79. The van der Waals surface area contributed by atoms with E-state index in [2.05, 4.69) is 21.2 Å². The van der Waals surface area contributed by atoms with Crippen molar-refractivity contribution in [2.75, 3.05) is 6.54 Å². The van der Waals surface area contributed by atoms with Crippen LogP contribution in [-0.2, 0) is 9.59 Å². The highest BCUT2D eigenvalue weighted by Crippen LogP contribution is 2.28. The Morgan fingerprint density at radius 3 is 2.68 bits per heavy atom. The van der Waals surface area contributed by atoms with E-state index >= 15 is 0 Å². The normalized spacial score (nSPS) is 13.7. The summed E-state index contributed by atoms with van der Waals surface area (Å²) in [7, 11) is 0. The molecule has 0 saturated heterocycles. The second-order valence-corrected chi connectivity index (χ2v) is 5.12. The molecule has 1 heterocycles. The third-order valence-corrected chi connectivity index (χ3v) is 3.57. The molecular weight excluding hydrogens is 268 g/mol. The fourth-order valence-corrected chi connectivity index (χ4v) is 2.10. The molecule has 0 unspecified atom stereocenters. The van der Waals surface area contributed by atoms with Crippen molar-refractivity contribution in [1.82, 2.24) is 21.2 Å². The van der Waals surface area contributed by atoms with Gasteiger partial charge in [0.15, 0.2) is 0 Å². The molecular formula is C11H14N4O3S. The lowest BCUT2D eigenvalue weighted by Gasteiger charge is -2.07. The molecule has 3 amide bonds. The summed E-state index contributed by atoms with van der Waals surface area (Å²) in [5.74, 6) is -0.937. The number of hydrogen-bond acceptors (Lipinski definition) is 5. The number of amides is 3. The van der Waals surface area contributed by atoms with Crippen molar-refractivity contribution in [1.29, 1.82) is 0 Å². The third kappa shape index (κ3) is 3.75. The lowest BCUT2D eigenvalue weighted by molar-refractivity contribution is -0.127. The average molecular weight is 282 g/mol. The number of hydrogen-bond donors (Lipinski definition) is 3. The molecule has 0 aliphatic heterocycles. The molecule has 1 saturated carbocycles. The Morgan fingerprint density at radius 1 is 1.37 bits per heavy atom. The molecule has 3 N–H and O–H groups in total. The molecule has 1 aliphatic carbocycles. The van der Waals surface area contributed by atoms with Gasteiger partial charge in [-0.25, -0.2) is 4.98 Å². The van der Waals surface area contributed by atoms with E-state index < -0.39 is 11.8 Å². The Labute approximate surface area is 113 Å². The number of carbonyl (C=O) groups is 3. The number of rotatable bonds is 4. The number of carbonyl (C=O) groups excluding carboxylic acids is 3. The zero-order valence-electron chi connectivity index (χ0n) is 10.4. The zero-order chi connectivity index (χ0) is 13.8. The van der Waals surface area contributed by atoms with E-state index in [4.69, 9.17) is 0 Å². The summed E-state index contributed by atoms with van der Waals surface area (Å²) < 4.78 is 0. The maximum atomic E-state index is 11.6. The Hall–Kier alpha value is -1.96. The molecule has 102 valence electrons. The van der Waals surface area contributed by atoms with E-state index in [1.165, 1.54) is 11.3 Å². The van der Waals surface area contributed by atoms with Gasteiger partial charge in [-0.2, -0.15) is 0 Å². The predicted molar refractivity (Wildman–Crippen MR) is 68.2 cm³/mol. The van der Waals surface area contributed by atoms with Crippen LogP contribution in [0.3, 0.4) is 0 Å². The number of nitrogens with one attached hydrogen (secondary N) is 3. The summed E-state index contributed by atoms with van der Waals surface area (Å²) in [4.78, 5) is 38.7. The van der Waals surface area contributed by atoms with E-state index in [1.54, 1.807) is 12.4 Å². The van der Waals surface area contributed by atoms with Crippen molar-refractivity contribution >= 4 is 29.1 Å². The first kappa shape index (κ1) is 13.5. The van der Waals surface area contributed by atoms with Crippen LogP contribution in [0, 0.1) is 12.8 Å². The lowest BCUT2D eigenvalue weighted by Crippen LogP contribution is -2.46. The van der Waals surface area contributed by atoms with Crippen LogP contribution in [0.25, 0.3) is 0 Å². The summed E-state index contributed by atoms with van der Waals surface area (Å²) >= 11 is 1.20. The van der Waals surface area contributed by atoms with E-state index in [0.717, 1.165) is 12.8 Å². The minimum absolute atomic E-state index is 0.0576. The number of thiazole rings is 1. The van der Waals surface area contributed by atoms with E-state index in [-0.39, 0.29) is 18.4 Å². The van der Waals surface area contributed by atoms with E-state index in [1.807, 2.05) is 0 Å². The fourth-order valence-electron chi connectivity index (χ4n) is 1.40. The molecule has 1 aromatic rings. The predicted octanol–water partition coefficient (Wildman–Crippen LogP) is -0.261. The third-order valence-electron chi connectivity index (χ3n) is 2.64. The van der Waals surface area contributed by atoms with Gasteiger partial charge in [0.1, 0.15) is 4.88 Å². The summed E-state index contributed by atoms with van der Waals surface area (Å²) in [5, 5.41) is 2.50. The number of aryl methyl sites for hydroxylation is 1. The summed E-state index contributed by atoms with van der Waals surface area (Å²) in [6.07, 6.45) is 1.77. The highest BCUT2D eigenvalue weighted by molar-refractivity contribution is 7.11. The van der Waals surface area contributed by atoms with Gasteiger partial charge in [0.05, 0.1) is 17.7 Å². The molecule has 0 aromatic carbocycles. The van der Waals surface area contributed by atoms with Gasteiger partial charge in [-0.3, -0.25) is 25.2 Å². The van der Waals surface area contributed by atoms with Gasteiger partial charge in [0.25, 0.3) is 11.8 Å². The topological polar surface area (TPSA) is 100 Å². The van der Waals surface area contributed by atoms with Crippen LogP contribution in [0.5, 0.6) is 0 Å². The Kier molecular flexibility index (Phi) is 4.10. The van der Waals surface area contributed by atoms with Gasteiger partial charge in [0, 0.05) is 5.92 Å². The van der Waals surface area contributed by atoms with Crippen LogP contribution in [0.15, 0.2) is 5.51 Å². The molecule has 1 aromatic heterocycles. The minimum Gasteiger partial charge on any atom is -0.347 e. The second-order valence-electron chi connectivity index (χ2n) is 4.26. The molecule has 0 radical (unpaired) electrons. The molecule has 8 heteroatoms. The first-order chi connectivity index (χ1) is 9.08. The largest absolute Gasteiger partial charge is 0.347 e. The highest BCUT2D eigenvalue weighted by atomic mass is 32.1. The zero-order valence-corrected chi connectivity index (χ0v) is 11.2. The minimum atomic E-state index is -0.468. The molecule has 1 aliphatic rings. The van der Waals surface area contributed by atoms with Crippen molar-refractivity contribution in [2.45, 2.75) is 19.8 Å². The van der Waals surface area contributed by atoms with Gasteiger partial charge >= 0.3 is 0 Å². The van der Waals surface area contributed by atoms with Crippen LogP contribution in [0.1, 0.15) is 28.2 Å². The molecule has 7 nitrogen and oxygen atoms in total. The Morgan fingerprint density at radius 2 is 2.11 bits per heavy atom. The number of aromatic nitrogens is 1. The number of nitrogens with zero attached hydrogens (tertiary/aromatic N) is 1.